The van der Waals surface area contributed by atoms with Crippen LogP contribution in [0.1, 0.15) is 27.2 Å². The molecule has 2 aromatic rings. The average Bonchev–Trinajstić information content (AvgIpc) is 2.62. The van der Waals surface area contributed by atoms with Gasteiger partial charge in [-0.25, -0.2) is 4.68 Å². The first-order chi connectivity index (χ1) is 7.27. The first kappa shape index (κ1) is 8.41. The first-order valence-electron chi connectivity index (χ1n) is 4.93. The predicted octanol–water partition coefficient (Wildman–Crippen LogP) is 1.78. The number of rotatable bonds is 0. The summed E-state index contributed by atoms with van der Waals surface area (Å²) in [6.45, 7) is 1.99. The van der Waals surface area contributed by atoms with E-state index in [0.717, 1.165) is 28.8 Å². The Morgan fingerprint density at radius 1 is 1.33 bits per heavy atom. The summed E-state index contributed by atoms with van der Waals surface area (Å²) in [7, 11) is 0. The summed E-state index contributed by atoms with van der Waals surface area (Å²) >= 11 is 0. The number of hydrogen-bond acceptors (Lipinski definition) is 2. The molecule has 0 saturated heterocycles. The van der Waals surface area contributed by atoms with E-state index >= 15 is 0 Å². The van der Waals surface area contributed by atoms with Crippen molar-refractivity contribution in [2.24, 2.45) is 0 Å². The molecule has 0 radical (unpaired) electrons. The summed E-state index contributed by atoms with van der Waals surface area (Å²) in [5, 5.41) is 4.10. The molecule has 0 saturated carbocycles. The molecule has 0 unspecified atom stereocenters. The summed E-state index contributed by atoms with van der Waals surface area (Å²) < 4.78 is 1.51. The Morgan fingerprint density at radius 3 is 3.00 bits per heavy atom. The molecule has 0 aliphatic carbocycles. The second-order valence-corrected chi connectivity index (χ2v) is 3.83. The molecule has 2 heterocycles. The van der Waals surface area contributed by atoms with Crippen LogP contribution in [0.3, 0.4) is 0 Å². The standard InChI is InChI=1S/C12H10N2O/c1-8-7-13-14-11(8)6-9-4-2-3-5-10(9)12(14)15/h2-5,7H,6H2,1H3. The van der Waals surface area contributed by atoms with Crippen LogP contribution in [-0.2, 0) is 6.42 Å². The molecule has 1 aliphatic heterocycles. The van der Waals surface area contributed by atoms with Crippen LogP contribution in [0.15, 0.2) is 30.5 Å². The number of benzene rings is 1. The van der Waals surface area contributed by atoms with Crippen LogP contribution in [0.4, 0.5) is 0 Å². The predicted molar refractivity (Wildman–Crippen MR) is 55.9 cm³/mol. The van der Waals surface area contributed by atoms with Crippen molar-refractivity contribution in [3.05, 3.63) is 52.8 Å². The summed E-state index contributed by atoms with van der Waals surface area (Å²) in [5.41, 5.74) is 3.96. The Bertz CT molecular complexity index is 554. The molecule has 1 aromatic heterocycles. The summed E-state index contributed by atoms with van der Waals surface area (Å²) in [4.78, 5) is 12.0. The minimum Gasteiger partial charge on any atom is -0.267 e. The molecule has 0 N–H and O–H groups in total. The maximum Gasteiger partial charge on any atom is 0.278 e. The van der Waals surface area contributed by atoms with Crippen molar-refractivity contribution in [1.29, 1.82) is 0 Å². The van der Waals surface area contributed by atoms with E-state index in [1.165, 1.54) is 4.68 Å². The maximum absolute atomic E-state index is 12.0. The second kappa shape index (κ2) is 2.79. The molecule has 74 valence electrons. The van der Waals surface area contributed by atoms with Crippen LogP contribution in [-0.4, -0.2) is 15.7 Å². The van der Waals surface area contributed by atoms with Gasteiger partial charge in [-0.3, -0.25) is 4.79 Å². The molecule has 3 heteroatoms. The number of fused-ring (bicyclic) bond motifs is 2. The van der Waals surface area contributed by atoms with Crippen LogP contribution in [0.25, 0.3) is 0 Å². The van der Waals surface area contributed by atoms with Crippen LogP contribution in [0.2, 0.25) is 0 Å². The van der Waals surface area contributed by atoms with E-state index in [0.29, 0.717) is 0 Å². The van der Waals surface area contributed by atoms with Gasteiger partial charge in [-0.1, -0.05) is 18.2 Å². The van der Waals surface area contributed by atoms with Crippen molar-refractivity contribution >= 4 is 5.91 Å². The van der Waals surface area contributed by atoms with Crippen molar-refractivity contribution in [3.8, 4) is 0 Å². The molecule has 3 rings (SSSR count). The zero-order chi connectivity index (χ0) is 10.4. The molecule has 15 heavy (non-hydrogen) atoms. The third-order valence-electron chi connectivity index (χ3n) is 2.88. The average molecular weight is 198 g/mol. The van der Waals surface area contributed by atoms with Gasteiger partial charge in [0.2, 0.25) is 0 Å². The highest BCUT2D eigenvalue weighted by Gasteiger charge is 2.24. The van der Waals surface area contributed by atoms with Crippen LogP contribution >= 0.6 is 0 Å². The van der Waals surface area contributed by atoms with Gasteiger partial charge in [-0.15, -0.1) is 0 Å². The van der Waals surface area contributed by atoms with Crippen molar-refractivity contribution in [2.45, 2.75) is 13.3 Å². The quantitative estimate of drug-likeness (QED) is 0.552. The number of carbonyl (C=O) groups is 1. The van der Waals surface area contributed by atoms with Gasteiger partial charge >= 0.3 is 0 Å². The Morgan fingerprint density at radius 2 is 2.13 bits per heavy atom. The number of aromatic nitrogens is 2. The molecular weight excluding hydrogens is 188 g/mol. The van der Waals surface area contributed by atoms with Gasteiger partial charge in [0.1, 0.15) is 0 Å². The summed E-state index contributed by atoms with van der Waals surface area (Å²) in [5.74, 6) is -0.0139. The fraction of sp³-hybridized carbons (Fsp3) is 0.167. The van der Waals surface area contributed by atoms with E-state index in [9.17, 15) is 4.79 Å². The molecule has 0 atom stereocenters. The van der Waals surface area contributed by atoms with E-state index in [1.807, 2.05) is 31.2 Å². The van der Waals surface area contributed by atoms with E-state index < -0.39 is 0 Å². The van der Waals surface area contributed by atoms with Crippen LogP contribution in [0.5, 0.6) is 0 Å². The lowest BCUT2D eigenvalue weighted by Gasteiger charge is -2.16. The molecule has 0 amide bonds. The largest absolute Gasteiger partial charge is 0.278 e. The Kier molecular flexibility index (Phi) is 1.57. The lowest BCUT2D eigenvalue weighted by molar-refractivity contribution is 0.0936. The number of carbonyl (C=O) groups excluding carboxylic acids is 1. The van der Waals surface area contributed by atoms with Gasteiger partial charge in [-0.2, -0.15) is 5.10 Å². The van der Waals surface area contributed by atoms with Gasteiger partial charge in [0.05, 0.1) is 11.9 Å². The SMILES string of the molecule is Cc1cnn2c1Cc1ccccc1C2=O. The normalized spacial score (nSPS) is 13.5. The lowest BCUT2D eigenvalue weighted by atomic mass is 9.98. The highest BCUT2D eigenvalue weighted by atomic mass is 16.2. The Balaban J connectivity index is 2.26. The van der Waals surface area contributed by atoms with Crippen molar-refractivity contribution in [3.63, 3.8) is 0 Å². The highest BCUT2D eigenvalue weighted by Crippen LogP contribution is 2.23. The number of hydrogen-bond donors (Lipinski definition) is 0. The third kappa shape index (κ3) is 1.06. The molecule has 0 spiro atoms. The highest BCUT2D eigenvalue weighted by molar-refractivity contribution is 5.98. The molecule has 1 aromatic carbocycles. The van der Waals surface area contributed by atoms with Gasteiger partial charge < -0.3 is 0 Å². The van der Waals surface area contributed by atoms with Crippen LogP contribution < -0.4 is 0 Å². The second-order valence-electron chi connectivity index (χ2n) is 3.83. The third-order valence-corrected chi connectivity index (χ3v) is 2.88. The molecule has 1 aliphatic rings. The van der Waals surface area contributed by atoms with Crippen LogP contribution in [0, 0.1) is 6.92 Å². The minimum absolute atomic E-state index is 0.0139. The van der Waals surface area contributed by atoms with Gasteiger partial charge in [0, 0.05) is 12.0 Å². The van der Waals surface area contributed by atoms with Crippen molar-refractivity contribution in [2.75, 3.05) is 0 Å². The van der Waals surface area contributed by atoms with E-state index in [2.05, 4.69) is 5.10 Å². The first-order valence-corrected chi connectivity index (χ1v) is 4.93. The summed E-state index contributed by atoms with van der Waals surface area (Å²) in [6.07, 6.45) is 2.55. The Hall–Kier alpha value is -1.90. The monoisotopic (exact) mass is 198 g/mol. The number of nitrogens with zero attached hydrogens (tertiary/aromatic N) is 2. The summed E-state index contributed by atoms with van der Waals surface area (Å²) in [6, 6.07) is 7.71. The van der Waals surface area contributed by atoms with Gasteiger partial charge in [0.15, 0.2) is 0 Å². The van der Waals surface area contributed by atoms with Crippen molar-refractivity contribution < 1.29 is 4.79 Å². The topological polar surface area (TPSA) is 34.9 Å². The van der Waals surface area contributed by atoms with E-state index in [1.54, 1.807) is 6.20 Å². The fourth-order valence-electron chi connectivity index (χ4n) is 2.02. The smallest absolute Gasteiger partial charge is 0.267 e. The lowest BCUT2D eigenvalue weighted by Crippen LogP contribution is -2.23. The molecule has 3 nitrogen and oxygen atoms in total. The van der Waals surface area contributed by atoms with E-state index in [4.69, 9.17) is 0 Å². The van der Waals surface area contributed by atoms with Crippen molar-refractivity contribution in [1.82, 2.24) is 9.78 Å². The zero-order valence-corrected chi connectivity index (χ0v) is 8.40. The van der Waals surface area contributed by atoms with E-state index in [-0.39, 0.29) is 5.91 Å². The van der Waals surface area contributed by atoms with Gasteiger partial charge in [-0.05, 0) is 24.1 Å². The maximum atomic E-state index is 12.0. The van der Waals surface area contributed by atoms with Gasteiger partial charge in [0.25, 0.3) is 5.91 Å². The fourth-order valence-corrected chi connectivity index (χ4v) is 2.02. The minimum atomic E-state index is -0.0139. The molecule has 0 fully saturated rings. The molecule has 0 bridgehead atoms. The number of aryl methyl sites for hydroxylation is 1. The Labute approximate surface area is 87.3 Å². The zero-order valence-electron chi connectivity index (χ0n) is 8.40. The molecular formula is C12H10N2O.